The second kappa shape index (κ2) is 5.66. The quantitative estimate of drug-likeness (QED) is 0.828. The first-order valence-corrected chi connectivity index (χ1v) is 8.06. The molecule has 0 spiro atoms. The van der Waals surface area contributed by atoms with Crippen molar-refractivity contribution >= 4 is 22.9 Å². The van der Waals surface area contributed by atoms with Crippen molar-refractivity contribution in [2.45, 2.75) is 37.7 Å². The Morgan fingerprint density at radius 2 is 2.00 bits per heavy atom. The molecule has 3 heteroatoms. The molecule has 0 bridgehead atoms. The fraction of sp³-hybridized carbons (Fsp3) is 0.375. The minimum absolute atomic E-state index is 0.169. The first-order chi connectivity index (χ1) is 9.28. The lowest BCUT2D eigenvalue weighted by atomic mass is 10.1. The van der Waals surface area contributed by atoms with Gasteiger partial charge >= 0.3 is 0 Å². The lowest BCUT2D eigenvalue weighted by molar-refractivity contribution is 0.539. The highest BCUT2D eigenvalue weighted by Crippen LogP contribution is 2.35. The Hall–Kier alpha value is -0.830. The maximum atomic E-state index is 6.48. The van der Waals surface area contributed by atoms with E-state index in [2.05, 4.69) is 48.6 Å². The number of rotatable bonds is 4. The number of aryl methyl sites for hydroxylation is 1. The van der Waals surface area contributed by atoms with Crippen LogP contribution in [0, 0.1) is 0 Å². The van der Waals surface area contributed by atoms with Gasteiger partial charge in [0, 0.05) is 22.3 Å². The van der Waals surface area contributed by atoms with Crippen LogP contribution in [0.4, 0.5) is 0 Å². The highest BCUT2D eigenvalue weighted by molar-refractivity contribution is 7.11. The third-order valence-electron chi connectivity index (χ3n) is 3.73. The van der Waals surface area contributed by atoms with Gasteiger partial charge in [-0.1, -0.05) is 31.2 Å². The van der Waals surface area contributed by atoms with Gasteiger partial charge in [-0.3, -0.25) is 0 Å². The second-order valence-corrected chi connectivity index (χ2v) is 6.81. The van der Waals surface area contributed by atoms with E-state index >= 15 is 0 Å². The summed E-state index contributed by atoms with van der Waals surface area (Å²) in [6.07, 6.45) is 2.09. The Morgan fingerprint density at radius 1 is 1.21 bits per heavy atom. The molecule has 1 aromatic heterocycles. The SMILES string of the molecule is CCc1ccc(CNC2c3ccccc3CC2Cl)s1. The van der Waals surface area contributed by atoms with Crippen LogP contribution in [0.1, 0.15) is 33.8 Å². The lowest BCUT2D eigenvalue weighted by Crippen LogP contribution is -2.25. The maximum Gasteiger partial charge on any atom is 0.0571 e. The van der Waals surface area contributed by atoms with Gasteiger partial charge in [0.15, 0.2) is 0 Å². The molecule has 2 aromatic rings. The molecule has 0 amide bonds. The number of hydrogen-bond acceptors (Lipinski definition) is 2. The van der Waals surface area contributed by atoms with Gasteiger partial charge in [0.25, 0.3) is 0 Å². The Labute approximate surface area is 123 Å². The maximum absolute atomic E-state index is 6.48. The molecule has 0 saturated carbocycles. The van der Waals surface area contributed by atoms with Crippen molar-refractivity contribution in [2.24, 2.45) is 0 Å². The number of alkyl halides is 1. The minimum Gasteiger partial charge on any atom is -0.304 e. The third kappa shape index (κ3) is 2.71. The molecular weight excluding hydrogens is 274 g/mol. The van der Waals surface area contributed by atoms with Crippen LogP contribution in [0.5, 0.6) is 0 Å². The fourth-order valence-electron chi connectivity index (χ4n) is 2.70. The lowest BCUT2D eigenvalue weighted by Gasteiger charge is -2.16. The molecule has 0 radical (unpaired) electrons. The van der Waals surface area contributed by atoms with Crippen molar-refractivity contribution in [1.29, 1.82) is 0 Å². The molecule has 1 aromatic carbocycles. The van der Waals surface area contributed by atoms with E-state index in [4.69, 9.17) is 11.6 Å². The van der Waals surface area contributed by atoms with Gasteiger partial charge in [0.2, 0.25) is 0 Å². The minimum atomic E-state index is 0.169. The average Bonchev–Trinajstić information content (AvgIpc) is 3.00. The predicted octanol–water partition coefficient (Wildman–Crippen LogP) is 4.30. The zero-order chi connectivity index (χ0) is 13.2. The summed E-state index contributed by atoms with van der Waals surface area (Å²) in [5.41, 5.74) is 2.76. The van der Waals surface area contributed by atoms with E-state index in [1.165, 1.54) is 20.9 Å². The third-order valence-corrected chi connectivity index (χ3v) is 5.36. The molecule has 1 aliphatic rings. The van der Waals surface area contributed by atoms with Crippen molar-refractivity contribution in [3.8, 4) is 0 Å². The van der Waals surface area contributed by atoms with E-state index in [0.29, 0.717) is 0 Å². The summed E-state index contributed by atoms with van der Waals surface area (Å²) in [5.74, 6) is 0. The number of nitrogens with one attached hydrogen (secondary N) is 1. The van der Waals surface area contributed by atoms with Gasteiger partial charge in [-0.2, -0.15) is 0 Å². The normalized spacial score (nSPS) is 21.6. The summed E-state index contributed by atoms with van der Waals surface area (Å²) in [5, 5.41) is 3.79. The number of halogens is 1. The molecule has 0 saturated heterocycles. The van der Waals surface area contributed by atoms with Gasteiger partial charge < -0.3 is 5.32 Å². The van der Waals surface area contributed by atoms with Gasteiger partial charge in [-0.25, -0.2) is 0 Å². The van der Waals surface area contributed by atoms with Crippen LogP contribution in [0.2, 0.25) is 0 Å². The highest BCUT2D eigenvalue weighted by atomic mass is 35.5. The van der Waals surface area contributed by atoms with E-state index < -0.39 is 0 Å². The van der Waals surface area contributed by atoms with Crippen LogP contribution >= 0.6 is 22.9 Å². The van der Waals surface area contributed by atoms with E-state index in [0.717, 1.165) is 19.4 Å². The van der Waals surface area contributed by atoms with Crippen LogP contribution in [0.15, 0.2) is 36.4 Å². The monoisotopic (exact) mass is 291 g/mol. The topological polar surface area (TPSA) is 12.0 Å². The van der Waals surface area contributed by atoms with Crippen molar-refractivity contribution in [1.82, 2.24) is 5.32 Å². The van der Waals surface area contributed by atoms with E-state index in [1.807, 2.05) is 11.3 Å². The molecule has 100 valence electrons. The van der Waals surface area contributed by atoms with Crippen LogP contribution < -0.4 is 5.32 Å². The van der Waals surface area contributed by atoms with Gasteiger partial charge in [-0.05, 0) is 36.1 Å². The number of fused-ring (bicyclic) bond motifs is 1. The molecular formula is C16H18ClNS. The largest absolute Gasteiger partial charge is 0.304 e. The van der Waals surface area contributed by atoms with Crippen LogP contribution in [0.3, 0.4) is 0 Å². The zero-order valence-corrected chi connectivity index (χ0v) is 12.6. The average molecular weight is 292 g/mol. The predicted molar refractivity (Wildman–Crippen MR) is 83.1 cm³/mol. The Balaban J connectivity index is 1.70. The molecule has 3 rings (SSSR count). The first kappa shape index (κ1) is 13.2. The van der Waals surface area contributed by atoms with Crippen molar-refractivity contribution in [3.05, 3.63) is 57.3 Å². The van der Waals surface area contributed by atoms with Gasteiger partial charge in [-0.15, -0.1) is 22.9 Å². The van der Waals surface area contributed by atoms with E-state index in [-0.39, 0.29) is 11.4 Å². The molecule has 1 heterocycles. The number of hydrogen-bond donors (Lipinski definition) is 1. The summed E-state index contributed by atoms with van der Waals surface area (Å²) in [6.45, 7) is 3.11. The molecule has 1 N–H and O–H groups in total. The molecule has 2 atom stereocenters. The summed E-state index contributed by atoms with van der Waals surface area (Å²) in [6, 6.07) is 13.3. The first-order valence-electron chi connectivity index (χ1n) is 6.80. The van der Waals surface area contributed by atoms with Gasteiger partial charge in [0.05, 0.1) is 5.38 Å². The summed E-state index contributed by atoms with van der Waals surface area (Å²) in [7, 11) is 0. The number of thiophene rings is 1. The fourth-order valence-corrected chi connectivity index (χ4v) is 4.00. The van der Waals surface area contributed by atoms with Crippen molar-refractivity contribution in [2.75, 3.05) is 0 Å². The molecule has 19 heavy (non-hydrogen) atoms. The van der Waals surface area contributed by atoms with Crippen LogP contribution in [-0.2, 0) is 19.4 Å². The highest BCUT2D eigenvalue weighted by Gasteiger charge is 2.30. The Morgan fingerprint density at radius 3 is 2.79 bits per heavy atom. The van der Waals surface area contributed by atoms with E-state index in [1.54, 1.807) is 0 Å². The zero-order valence-electron chi connectivity index (χ0n) is 11.0. The summed E-state index contributed by atoms with van der Waals surface area (Å²) < 4.78 is 0. The molecule has 2 unspecified atom stereocenters. The smallest absolute Gasteiger partial charge is 0.0571 e. The second-order valence-electron chi connectivity index (χ2n) is 5.00. The van der Waals surface area contributed by atoms with Crippen molar-refractivity contribution in [3.63, 3.8) is 0 Å². The molecule has 1 nitrogen and oxygen atoms in total. The van der Waals surface area contributed by atoms with Crippen molar-refractivity contribution < 1.29 is 0 Å². The van der Waals surface area contributed by atoms with Gasteiger partial charge in [0.1, 0.15) is 0 Å². The number of benzene rings is 1. The summed E-state index contributed by atoms with van der Waals surface area (Å²) in [4.78, 5) is 2.84. The van der Waals surface area contributed by atoms with E-state index in [9.17, 15) is 0 Å². The molecule has 0 fully saturated rings. The van der Waals surface area contributed by atoms with Crippen LogP contribution in [0.25, 0.3) is 0 Å². The standard InChI is InChI=1S/C16H18ClNS/c1-2-12-7-8-13(19-12)10-18-16-14-6-4-3-5-11(14)9-15(16)17/h3-8,15-16,18H,2,9-10H2,1H3. The Kier molecular flexibility index (Phi) is 3.92. The van der Waals surface area contributed by atoms with Crippen LogP contribution in [-0.4, -0.2) is 5.38 Å². The molecule has 1 aliphatic carbocycles. The summed E-state index contributed by atoms with van der Waals surface area (Å²) >= 11 is 8.38. The molecule has 0 aliphatic heterocycles. The Bertz CT molecular complexity index is 563.